The van der Waals surface area contributed by atoms with Crippen molar-refractivity contribution in [3.8, 4) is 5.69 Å². The Kier molecular flexibility index (Phi) is 4.09. The molecule has 0 radical (unpaired) electrons. The minimum Gasteiger partial charge on any atom is -0.316 e. The number of piperidine rings is 1. The first-order valence-corrected chi connectivity index (χ1v) is 9.66. The Labute approximate surface area is 162 Å². The summed E-state index contributed by atoms with van der Waals surface area (Å²) < 4.78 is 15.2. The van der Waals surface area contributed by atoms with Crippen LogP contribution < -0.4 is 5.32 Å². The third-order valence-corrected chi connectivity index (χ3v) is 6.21. The van der Waals surface area contributed by atoms with E-state index < -0.39 is 5.41 Å². The summed E-state index contributed by atoms with van der Waals surface area (Å²) in [6.45, 7) is 1.57. The van der Waals surface area contributed by atoms with Crippen molar-refractivity contribution in [2.45, 2.75) is 19.3 Å². The Morgan fingerprint density at radius 3 is 2.86 bits per heavy atom. The average Bonchev–Trinajstić information content (AvgIpc) is 3.15. The number of fused-ring (bicyclic) bond motifs is 2. The lowest BCUT2D eigenvalue weighted by molar-refractivity contribution is 0.0535. The molecule has 5 nitrogen and oxygen atoms in total. The van der Waals surface area contributed by atoms with Crippen LogP contribution in [0.5, 0.6) is 0 Å². The summed E-state index contributed by atoms with van der Waals surface area (Å²) in [5, 5.41) is 8.00. The van der Waals surface area contributed by atoms with E-state index in [-0.39, 0.29) is 17.5 Å². The predicted octanol–water partition coefficient (Wildman–Crippen LogP) is 2.98. The van der Waals surface area contributed by atoms with Crippen LogP contribution in [0, 0.1) is 17.2 Å². The third kappa shape index (κ3) is 2.67. The average molecular weight is 376 g/mol. The smallest absolute Gasteiger partial charge is 0.189 e. The molecular weight excluding hydrogens is 355 g/mol. The number of aromatic nitrogens is 3. The van der Waals surface area contributed by atoms with Gasteiger partial charge in [-0.25, -0.2) is 9.07 Å². The fourth-order valence-corrected chi connectivity index (χ4v) is 4.76. The molecule has 2 aromatic heterocycles. The lowest BCUT2D eigenvalue weighted by Gasteiger charge is -2.46. The van der Waals surface area contributed by atoms with E-state index in [2.05, 4.69) is 15.4 Å². The molecule has 1 aliphatic carbocycles. The van der Waals surface area contributed by atoms with Crippen molar-refractivity contribution in [2.24, 2.45) is 11.3 Å². The second-order valence-corrected chi connectivity index (χ2v) is 7.75. The normalized spacial score (nSPS) is 23.7. The molecule has 28 heavy (non-hydrogen) atoms. The summed E-state index contributed by atoms with van der Waals surface area (Å²) in [7, 11) is 0. The molecular formula is C22H21FN4O. The van der Waals surface area contributed by atoms with E-state index in [0.717, 1.165) is 36.3 Å². The summed E-state index contributed by atoms with van der Waals surface area (Å²) >= 11 is 0. The zero-order valence-electron chi connectivity index (χ0n) is 15.4. The Balaban J connectivity index is 1.55. The lowest BCUT2D eigenvalue weighted by atomic mass is 9.60. The van der Waals surface area contributed by atoms with Gasteiger partial charge in [0.15, 0.2) is 5.78 Å². The molecule has 2 atom stereocenters. The number of benzene rings is 1. The van der Waals surface area contributed by atoms with Gasteiger partial charge in [-0.2, -0.15) is 5.10 Å². The second-order valence-electron chi connectivity index (χ2n) is 7.75. The number of hydrogen-bond acceptors (Lipinski definition) is 4. The number of nitrogens with zero attached hydrogens (tertiary/aromatic N) is 3. The topological polar surface area (TPSA) is 59.8 Å². The lowest BCUT2D eigenvalue weighted by Crippen LogP contribution is -2.55. The van der Waals surface area contributed by atoms with Gasteiger partial charge in [0.05, 0.1) is 17.3 Å². The number of rotatable bonds is 3. The number of carbonyl (C=O) groups excluding carboxylic acids is 1. The first-order valence-electron chi connectivity index (χ1n) is 9.66. The summed E-state index contributed by atoms with van der Waals surface area (Å²) in [6.07, 6.45) is 5.91. The third-order valence-electron chi connectivity index (χ3n) is 6.21. The highest BCUT2D eigenvalue weighted by Crippen LogP contribution is 2.45. The monoisotopic (exact) mass is 376 g/mol. The number of carbonyl (C=O) groups is 1. The highest BCUT2D eigenvalue weighted by atomic mass is 19.1. The standard InChI is InChI=1S/C22H21FN4O/c23-17-4-6-18(7-5-17)27-20-11-16-8-10-24-14-22(16,12-15(20)13-26-27)21(28)19-3-1-2-9-25-19/h1-7,9,13,16,24H,8,10-12,14H2/t16?,22-/m0/s1. The van der Waals surface area contributed by atoms with Gasteiger partial charge in [0.1, 0.15) is 11.5 Å². The Morgan fingerprint density at radius 2 is 2.07 bits per heavy atom. The van der Waals surface area contributed by atoms with Crippen LogP contribution in [-0.2, 0) is 12.8 Å². The van der Waals surface area contributed by atoms with Crippen molar-refractivity contribution in [3.63, 3.8) is 0 Å². The van der Waals surface area contributed by atoms with Crippen molar-refractivity contribution >= 4 is 5.78 Å². The maximum absolute atomic E-state index is 13.5. The number of Topliss-reactive ketones (excluding diaryl/α,β-unsaturated/α-hetero) is 1. The minimum atomic E-state index is -0.490. The quantitative estimate of drug-likeness (QED) is 0.714. The molecule has 3 aromatic rings. The van der Waals surface area contributed by atoms with Crippen molar-refractivity contribution in [1.29, 1.82) is 0 Å². The van der Waals surface area contributed by atoms with Crippen LogP contribution in [0.1, 0.15) is 28.2 Å². The van der Waals surface area contributed by atoms with Gasteiger partial charge in [-0.15, -0.1) is 0 Å². The second kappa shape index (κ2) is 6.63. The maximum Gasteiger partial charge on any atom is 0.189 e. The fourth-order valence-electron chi connectivity index (χ4n) is 4.76. The number of ketones is 1. The van der Waals surface area contributed by atoms with Gasteiger partial charge >= 0.3 is 0 Å². The SMILES string of the molecule is O=C(c1ccccn1)[C@@]12CNCCC1Cc1c(cnn1-c1ccc(F)cc1)C2. The molecule has 142 valence electrons. The van der Waals surface area contributed by atoms with Gasteiger partial charge in [0.25, 0.3) is 0 Å². The highest BCUT2D eigenvalue weighted by molar-refractivity contribution is 5.99. The Hall–Kier alpha value is -2.86. The van der Waals surface area contributed by atoms with Crippen molar-refractivity contribution in [1.82, 2.24) is 20.1 Å². The zero-order valence-corrected chi connectivity index (χ0v) is 15.4. The van der Waals surface area contributed by atoms with E-state index in [9.17, 15) is 9.18 Å². The van der Waals surface area contributed by atoms with E-state index in [4.69, 9.17) is 0 Å². The van der Waals surface area contributed by atoms with Gasteiger partial charge in [-0.3, -0.25) is 9.78 Å². The number of hydrogen-bond donors (Lipinski definition) is 1. The van der Waals surface area contributed by atoms with E-state index in [1.807, 2.05) is 23.0 Å². The van der Waals surface area contributed by atoms with Crippen LogP contribution in [-0.4, -0.2) is 33.6 Å². The molecule has 5 rings (SSSR count). The number of pyridine rings is 1. The van der Waals surface area contributed by atoms with E-state index >= 15 is 0 Å². The molecule has 1 fully saturated rings. The summed E-state index contributed by atoms with van der Waals surface area (Å²) in [5.41, 5.74) is 3.11. The zero-order chi connectivity index (χ0) is 19.1. The Bertz CT molecular complexity index is 1010. The first kappa shape index (κ1) is 17.3. The highest BCUT2D eigenvalue weighted by Gasteiger charge is 2.51. The van der Waals surface area contributed by atoms with Gasteiger partial charge in [0, 0.05) is 18.4 Å². The van der Waals surface area contributed by atoms with Crippen LogP contribution >= 0.6 is 0 Å². The maximum atomic E-state index is 13.5. The fraction of sp³-hybridized carbons (Fsp3) is 0.318. The molecule has 0 saturated carbocycles. The van der Waals surface area contributed by atoms with Gasteiger partial charge in [-0.05, 0) is 73.7 Å². The molecule has 0 spiro atoms. The van der Waals surface area contributed by atoms with Crippen molar-refractivity contribution in [2.75, 3.05) is 13.1 Å². The van der Waals surface area contributed by atoms with Crippen LogP contribution in [0.4, 0.5) is 4.39 Å². The molecule has 1 unspecified atom stereocenters. The largest absolute Gasteiger partial charge is 0.316 e. The van der Waals surface area contributed by atoms with Gasteiger partial charge in [-0.1, -0.05) is 6.07 Å². The van der Waals surface area contributed by atoms with Crippen LogP contribution in [0.2, 0.25) is 0 Å². The molecule has 6 heteroatoms. The summed E-state index contributed by atoms with van der Waals surface area (Å²) in [4.78, 5) is 17.8. The van der Waals surface area contributed by atoms with Crippen LogP contribution in [0.3, 0.4) is 0 Å². The molecule has 1 aromatic carbocycles. The summed E-state index contributed by atoms with van der Waals surface area (Å²) in [6, 6.07) is 11.9. The number of nitrogens with one attached hydrogen (secondary N) is 1. The minimum absolute atomic E-state index is 0.116. The van der Waals surface area contributed by atoms with Crippen molar-refractivity contribution in [3.05, 3.63) is 77.6 Å². The van der Waals surface area contributed by atoms with Crippen molar-refractivity contribution < 1.29 is 9.18 Å². The van der Waals surface area contributed by atoms with E-state index in [0.29, 0.717) is 18.7 Å². The molecule has 1 aliphatic heterocycles. The molecule has 0 amide bonds. The van der Waals surface area contributed by atoms with Gasteiger partial charge in [0.2, 0.25) is 0 Å². The van der Waals surface area contributed by atoms with E-state index in [1.54, 1.807) is 24.4 Å². The Morgan fingerprint density at radius 1 is 1.21 bits per heavy atom. The van der Waals surface area contributed by atoms with Crippen LogP contribution in [0.25, 0.3) is 5.69 Å². The van der Waals surface area contributed by atoms with Crippen LogP contribution in [0.15, 0.2) is 54.9 Å². The molecule has 1 saturated heterocycles. The van der Waals surface area contributed by atoms with E-state index in [1.165, 1.54) is 12.1 Å². The molecule has 0 bridgehead atoms. The predicted molar refractivity (Wildman–Crippen MR) is 103 cm³/mol. The molecule has 1 N–H and O–H groups in total. The molecule has 3 heterocycles. The van der Waals surface area contributed by atoms with Gasteiger partial charge < -0.3 is 5.32 Å². The summed E-state index contributed by atoms with van der Waals surface area (Å²) in [5.74, 6) is 0.0836. The first-order chi connectivity index (χ1) is 13.7. The number of halogens is 1. The molecule has 2 aliphatic rings.